The molecule has 2 heterocycles. The quantitative estimate of drug-likeness (QED) is 0.750. The number of quaternary nitrogens is 1. The van der Waals surface area contributed by atoms with E-state index in [1.54, 1.807) is 0 Å². The maximum Gasteiger partial charge on any atom is 0.122 e. The average Bonchev–Trinajstić information content (AvgIpc) is 2.50. The normalized spacial score (nSPS) is 24.2. The number of hydrogen-bond acceptors (Lipinski definition) is 1. The van der Waals surface area contributed by atoms with Crippen molar-refractivity contribution in [2.45, 2.75) is 45.1 Å². The van der Waals surface area contributed by atoms with E-state index in [1.807, 2.05) is 0 Å². The van der Waals surface area contributed by atoms with Gasteiger partial charge in [-0.2, -0.15) is 5.01 Å². The van der Waals surface area contributed by atoms with E-state index < -0.39 is 0 Å². The van der Waals surface area contributed by atoms with E-state index in [2.05, 4.69) is 35.3 Å². The van der Waals surface area contributed by atoms with Gasteiger partial charge in [0.1, 0.15) is 6.54 Å². The van der Waals surface area contributed by atoms with E-state index in [9.17, 15) is 0 Å². The molecule has 3 rings (SSSR count). The lowest BCUT2D eigenvalue weighted by Crippen LogP contribution is -2.63. The van der Waals surface area contributed by atoms with E-state index in [-0.39, 0.29) is 0 Å². The molecule has 2 aliphatic heterocycles. The fourth-order valence-electron chi connectivity index (χ4n) is 3.87. The molecule has 1 aromatic rings. The van der Waals surface area contributed by atoms with Crippen molar-refractivity contribution < 1.29 is 4.59 Å². The second-order valence-electron chi connectivity index (χ2n) is 6.26. The predicted octanol–water partition coefficient (Wildman–Crippen LogP) is 3.59. The molecule has 0 saturated carbocycles. The van der Waals surface area contributed by atoms with Crippen LogP contribution in [0.3, 0.4) is 0 Å². The average molecular weight is 259 g/mol. The van der Waals surface area contributed by atoms with Gasteiger partial charge in [0.25, 0.3) is 0 Å². The lowest BCUT2D eigenvalue weighted by atomic mass is 10.1. The molecule has 2 nitrogen and oxygen atoms in total. The molecule has 0 aromatic heterocycles. The fourth-order valence-corrected chi connectivity index (χ4v) is 3.87. The summed E-state index contributed by atoms with van der Waals surface area (Å²) in [6.45, 7) is 6.55. The molecule has 0 spiro atoms. The lowest BCUT2D eigenvalue weighted by Gasteiger charge is -2.49. The third kappa shape index (κ3) is 3.01. The molecule has 0 amide bonds. The van der Waals surface area contributed by atoms with Crippen molar-refractivity contribution >= 4 is 0 Å². The Morgan fingerprint density at radius 3 is 2.11 bits per heavy atom. The Labute approximate surface area is 117 Å². The Morgan fingerprint density at radius 1 is 0.789 bits per heavy atom. The highest BCUT2D eigenvalue weighted by molar-refractivity contribution is 5.13. The van der Waals surface area contributed by atoms with Crippen molar-refractivity contribution in [3.63, 3.8) is 0 Å². The number of hydrogen-bond donors (Lipinski definition) is 0. The van der Waals surface area contributed by atoms with E-state index in [1.165, 1.54) is 81.4 Å². The predicted molar refractivity (Wildman–Crippen MR) is 79.4 cm³/mol. The Bertz CT molecular complexity index is 376. The molecule has 0 unspecified atom stereocenters. The Morgan fingerprint density at radius 2 is 1.42 bits per heavy atom. The summed E-state index contributed by atoms with van der Waals surface area (Å²) < 4.78 is 1.24. The van der Waals surface area contributed by atoms with Crippen LogP contribution in [0.25, 0.3) is 0 Å². The second kappa shape index (κ2) is 6.06. The van der Waals surface area contributed by atoms with Gasteiger partial charge in [-0.1, -0.05) is 36.8 Å². The zero-order chi connectivity index (χ0) is 13.0. The van der Waals surface area contributed by atoms with Crippen molar-refractivity contribution in [1.82, 2.24) is 5.01 Å². The maximum absolute atomic E-state index is 2.79. The van der Waals surface area contributed by atoms with Crippen LogP contribution in [0.15, 0.2) is 30.3 Å². The van der Waals surface area contributed by atoms with Gasteiger partial charge < -0.3 is 0 Å². The van der Waals surface area contributed by atoms with Crippen LogP contribution in [0, 0.1) is 0 Å². The van der Waals surface area contributed by atoms with Crippen molar-refractivity contribution in [2.75, 3.05) is 26.2 Å². The van der Waals surface area contributed by atoms with E-state index in [0.717, 1.165) is 0 Å². The fraction of sp³-hybridized carbons (Fsp3) is 0.647. The van der Waals surface area contributed by atoms with Gasteiger partial charge in [0.05, 0.1) is 13.1 Å². The number of nitrogens with zero attached hydrogens (tertiary/aromatic N) is 2. The van der Waals surface area contributed by atoms with Gasteiger partial charge in [-0.15, -0.1) is 0 Å². The van der Waals surface area contributed by atoms with Gasteiger partial charge in [-0.05, 0) is 32.1 Å². The van der Waals surface area contributed by atoms with Gasteiger partial charge in [-0.25, -0.2) is 4.59 Å². The Balaban J connectivity index is 1.79. The van der Waals surface area contributed by atoms with Gasteiger partial charge in [0.2, 0.25) is 0 Å². The smallest absolute Gasteiger partial charge is 0.122 e. The molecule has 2 fully saturated rings. The summed E-state index contributed by atoms with van der Waals surface area (Å²) in [5.41, 5.74) is 1.51. The van der Waals surface area contributed by atoms with Gasteiger partial charge in [-0.3, -0.25) is 0 Å². The Hall–Kier alpha value is -0.860. The number of piperidine rings is 2. The highest BCUT2D eigenvalue weighted by Gasteiger charge is 2.37. The molecule has 2 heteroatoms. The molecule has 1 aromatic carbocycles. The van der Waals surface area contributed by atoms with Gasteiger partial charge in [0, 0.05) is 18.7 Å². The van der Waals surface area contributed by atoms with Crippen LogP contribution in [-0.2, 0) is 6.54 Å². The van der Waals surface area contributed by atoms with Crippen LogP contribution < -0.4 is 0 Å². The van der Waals surface area contributed by atoms with Crippen molar-refractivity contribution in [1.29, 1.82) is 0 Å². The van der Waals surface area contributed by atoms with Crippen molar-refractivity contribution in [3.8, 4) is 0 Å². The minimum atomic E-state index is 1.21. The molecule has 104 valence electrons. The van der Waals surface area contributed by atoms with Crippen LogP contribution in [0.5, 0.6) is 0 Å². The van der Waals surface area contributed by atoms with Crippen molar-refractivity contribution in [2.24, 2.45) is 0 Å². The van der Waals surface area contributed by atoms with Gasteiger partial charge >= 0.3 is 0 Å². The zero-order valence-electron chi connectivity index (χ0n) is 12.1. The van der Waals surface area contributed by atoms with Crippen LogP contribution in [0.2, 0.25) is 0 Å². The summed E-state index contributed by atoms with van der Waals surface area (Å²) >= 11 is 0. The number of benzene rings is 1. The lowest BCUT2D eigenvalue weighted by molar-refractivity contribution is -1.05. The van der Waals surface area contributed by atoms with Crippen LogP contribution in [0.4, 0.5) is 0 Å². The first-order chi connectivity index (χ1) is 9.39. The molecular formula is C17H27N2+. The maximum atomic E-state index is 2.79. The largest absolute Gasteiger partial charge is 0.239 e. The van der Waals surface area contributed by atoms with E-state index >= 15 is 0 Å². The highest BCUT2D eigenvalue weighted by atomic mass is 15.8. The number of rotatable bonds is 3. The highest BCUT2D eigenvalue weighted by Crippen LogP contribution is 2.28. The van der Waals surface area contributed by atoms with Crippen molar-refractivity contribution in [3.05, 3.63) is 35.9 Å². The van der Waals surface area contributed by atoms with Crippen LogP contribution >= 0.6 is 0 Å². The first kappa shape index (κ1) is 13.1. The van der Waals surface area contributed by atoms with E-state index in [4.69, 9.17) is 0 Å². The first-order valence-electron chi connectivity index (χ1n) is 8.05. The first-order valence-corrected chi connectivity index (χ1v) is 8.05. The molecule has 0 aliphatic carbocycles. The molecule has 2 saturated heterocycles. The molecule has 0 N–H and O–H groups in total. The monoisotopic (exact) mass is 259 g/mol. The summed E-state index contributed by atoms with van der Waals surface area (Å²) in [5.74, 6) is 0. The molecule has 0 radical (unpaired) electrons. The van der Waals surface area contributed by atoms with Crippen LogP contribution in [-0.4, -0.2) is 35.8 Å². The topological polar surface area (TPSA) is 3.24 Å². The van der Waals surface area contributed by atoms with E-state index in [0.29, 0.717) is 0 Å². The summed E-state index contributed by atoms with van der Waals surface area (Å²) in [4.78, 5) is 0. The standard InChI is InChI=1S/C17H27N2/c1-4-10-17(11-5-1)16-19(14-8-3-9-15-19)18-12-6-2-7-13-18/h1,4-5,10-11H,2-3,6-9,12-16H2/q+1. The molecule has 0 bridgehead atoms. The summed E-state index contributed by atoms with van der Waals surface area (Å²) in [5, 5.41) is 2.79. The SMILES string of the molecule is c1ccc(C[N+]2(N3CCCCC3)CCCCC2)cc1. The summed E-state index contributed by atoms with van der Waals surface area (Å²) in [7, 11) is 0. The summed E-state index contributed by atoms with van der Waals surface area (Å²) in [6.07, 6.45) is 8.47. The third-order valence-corrected chi connectivity index (χ3v) is 4.90. The minimum Gasteiger partial charge on any atom is -0.239 e. The molecular weight excluding hydrogens is 232 g/mol. The van der Waals surface area contributed by atoms with Crippen LogP contribution in [0.1, 0.15) is 44.1 Å². The molecule has 19 heavy (non-hydrogen) atoms. The second-order valence-corrected chi connectivity index (χ2v) is 6.26. The third-order valence-electron chi connectivity index (χ3n) is 4.90. The summed E-state index contributed by atoms with van der Waals surface area (Å²) in [6, 6.07) is 11.1. The minimum absolute atomic E-state index is 1.21. The molecule has 0 atom stereocenters. The molecule has 2 aliphatic rings. The Kier molecular flexibility index (Phi) is 4.19. The zero-order valence-corrected chi connectivity index (χ0v) is 12.1. The van der Waals surface area contributed by atoms with Gasteiger partial charge in [0.15, 0.2) is 0 Å². The number of likely N-dealkylation sites (tertiary alicyclic amines) is 1.